The van der Waals surface area contributed by atoms with Crippen molar-refractivity contribution >= 4 is 40.0 Å². The average molecular weight is 236 g/mol. The summed E-state index contributed by atoms with van der Waals surface area (Å²) in [5.41, 5.74) is 0. The summed E-state index contributed by atoms with van der Waals surface area (Å²) in [5, 5.41) is 0. The maximum Gasteiger partial charge on any atom is 0.290 e. The van der Waals surface area contributed by atoms with Gasteiger partial charge in [-0.1, -0.05) is 11.6 Å². The molecule has 0 N–H and O–H groups in total. The molecule has 0 radical (unpaired) electrons. The number of hydrogen-bond acceptors (Lipinski definition) is 1. The Morgan fingerprint density at radius 3 is 2.14 bits per heavy atom. The van der Waals surface area contributed by atoms with Gasteiger partial charge in [0.1, 0.15) is 0 Å². The van der Waals surface area contributed by atoms with Crippen molar-refractivity contribution in [1.82, 2.24) is 0 Å². The summed E-state index contributed by atoms with van der Waals surface area (Å²) in [7, 11) is 0. The molecule has 0 heterocycles. The van der Waals surface area contributed by atoms with Gasteiger partial charge in [-0.05, 0) is 29.5 Å². The van der Waals surface area contributed by atoms with Crippen LogP contribution in [0, 0.1) is 0 Å². The van der Waals surface area contributed by atoms with Crippen molar-refractivity contribution in [2.75, 3.05) is 0 Å². The van der Waals surface area contributed by atoms with Crippen molar-refractivity contribution in [3.63, 3.8) is 0 Å². The first-order chi connectivity index (χ1) is 2.94. The Morgan fingerprint density at radius 1 is 2.00 bits per heavy atom. The Kier molecular flexibility index (Phi) is 2.46. The van der Waals surface area contributed by atoms with Gasteiger partial charge in [0.05, 0.1) is 0 Å². The predicted molar refractivity (Wildman–Crippen MR) is 34.4 cm³/mol. The zero-order chi connectivity index (χ0) is 6.08. The number of alkyl halides is 3. The van der Waals surface area contributed by atoms with Crippen LogP contribution in [0.5, 0.6) is 0 Å². The van der Waals surface area contributed by atoms with Crippen LogP contribution in [0.2, 0.25) is 0 Å². The molecule has 0 saturated carbocycles. The van der Waals surface area contributed by atoms with E-state index in [4.69, 9.17) is 11.6 Å². The molecule has 0 aliphatic heterocycles. The molecule has 1 atom stereocenters. The lowest BCUT2D eigenvalue weighted by atomic mass is 10.5. The van der Waals surface area contributed by atoms with Crippen LogP contribution >= 0.6 is 34.2 Å². The molecule has 1 unspecified atom stereocenters. The average Bonchev–Trinajstić information content (AvgIpc) is 1.31. The fourth-order valence-electron chi connectivity index (χ4n) is 0. The van der Waals surface area contributed by atoms with Gasteiger partial charge in [-0.2, -0.15) is 0 Å². The topological polar surface area (TPSA) is 17.1 Å². The van der Waals surface area contributed by atoms with E-state index >= 15 is 0 Å². The highest BCUT2D eigenvalue weighted by Gasteiger charge is 2.27. The van der Waals surface area contributed by atoms with E-state index in [2.05, 4.69) is 0 Å². The molecule has 0 rings (SSSR count). The minimum Gasteiger partial charge on any atom is -0.294 e. The fourth-order valence-corrected chi connectivity index (χ4v) is 0. The van der Waals surface area contributed by atoms with Crippen molar-refractivity contribution < 1.29 is 9.18 Å². The first-order valence-electron chi connectivity index (χ1n) is 1.52. The molecule has 0 amide bonds. The Labute approximate surface area is 59.4 Å². The van der Waals surface area contributed by atoms with Crippen LogP contribution in [-0.4, -0.2) is 8.92 Å². The summed E-state index contributed by atoms with van der Waals surface area (Å²) in [5.74, 6) is -0.672. The highest BCUT2D eigenvalue weighted by Crippen LogP contribution is 2.26. The number of carbonyl (C=O) groups excluding carboxylic acids is 1. The van der Waals surface area contributed by atoms with E-state index in [1.165, 1.54) is 22.6 Å². The van der Waals surface area contributed by atoms with Gasteiger partial charge in [-0.15, -0.1) is 0 Å². The van der Waals surface area contributed by atoms with Crippen LogP contribution in [0.3, 0.4) is 0 Å². The van der Waals surface area contributed by atoms with Crippen molar-refractivity contribution in [3.8, 4) is 0 Å². The molecule has 0 bridgehead atoms. The summed E-state index contributed by atoms with van der Waals surface area (Å²) >= 11 is 6.05. The lowest BCUT2D eigenvalue weighted by Crippen LogP contribution is -2.14. The standard InChI is InChI=1S/C3H3ClFIO/c1-2(7)3(4,5)6/h1H3. The number of rotatable bonds is 1. The van der Waals surface area contributed by atoms with Gasteiger partial charge < -0.3 is 0 Å². The smallest absolute Gasteiger partial charge is 0.290 e. The summed E-state index contributed by atoms with van der Waals surface area (Å²) in [4.78, 5) is 9.95. The summed E-state index contributed by atoms with van der Waals surface area (Å²) in [6.07, 6.45) is 0. The van der Waals surface area contributed by atoms with Crippen LogP contribution in [-0.2, 0) is 4.79 Å². The van der Waals surface area contributed by atoms with Gasteiger partial charge in [0.2, 0.25) is 0 Å². The molecule has 0 aromatic rings. The lowest BCUT2D eigenvalue weighted by Gasteiger charge is -2.00. The quantitative estimate of drug-likeness (QED) is 0.502. The van der Waals surface area contributed by atoms with E-state index < -0.39 is 8.92 Å². The first-order valence-corrected chi connectivity index (χ1v) is 2.98. The largest absolute Gasteiger partial charge is 0.294 e. The van der Waals surface area contributed by atoms with Crippen LogP contribution in [0.25, 0.3) is 0 Å². The highest BCUT2D eigenvalue weighted by molar-refractivity contribution is 14.1. The minimum atomic E-state index is -2.20. The van der Waals surface area contributed by atoms with Gasteiger partial charge in [-0.3, -0.25) is 4.79 Å². The van der Waals surface area contributed by atoms with E-state index in [0.717, 1.165) is 6.92 Å². The van der Waals surface area contributed by atoms with Gasteiger partial charge in [0.15, 0.2) is 5.78 Å². The van der Waals surface area contributed by atoms with Crippen LogP contribution in [0.4, 0.5) is 4.39 Å². The van der Waals surface area contributed by atoms with Gasteiger partial charge in [0, 0.05) is 0 Å². The Balaban J connectivity index is 3.79. The van der Waals surface area contributed by atoms with Gasteiger partial charge in [-0.25, -0.2) is 4.39 Å². The second kappa shape index (κ2) is 2.26. The number of carbonyl (C=O) groups is 1. The van der Waals surface area contributed by atoms with E-state index in [1.54, 1.807) is 0 Å². The van der Waals surface area contributed by atoms with E-state index in [-0.39, 0.29) is 0 Å². The third-order valence-corrected chi connectivity index (χ3v) is 1.42. The fraction of sp³-hybridized carbons (Fsp3) is 0.667. The molecule has 0 spiro atoms. The first kappa shape index (κ1) is 7.62. The van der Waals surface area contributed by atoms with Crippen LogP contribution in [0.15, 0.2) is 0 Å². The van der Waals surface area contributed by atoms with Crippen molar-refractivity contribution in [2.24, 2.45) is 0 Å². The van der Waals surface area contributed by atoms with Crippen molar-refractivity contribution in [2.45, 2.75) is 10.1 Å². The third kappa shape index (κ3) is 3.22. The molecule has 0 aliphatic carbocycles. The number of hydrogen-bond donors (Lipinski definition) is 0. The summed E-state index contributed by atoms with van der Waals surface area (Å²) in [6, 6.07) is 0. The van der Waals surface area contributed by atoms with Crippen LogP contribution in [0.1, 0.15) is 6.92 Å². The van der Waals surface area contributed by atoms with E-state index in [0.29, 0.717) is 0 Å². The predicted octanol–water partition coefficient (Wildman–Crippen LogP) is 1.87. The molecule has 0 aromatic heterocycles. The molecule has 0 saturated heterocycles. The zero-order valence-electron chi connectivity index (χ0n) is 3.54. The number of ketones is 1. The zero-order valence-corrected chi connectivity index (χ0v) is 6.46. The second-order valence-electron chi connectivity index (χ2n) is 1.05. The molecule has 4 heteroatoms. The van der Waals surface area contributed by atoms with E-state index in [1.807, 2.05) is 0 Å². The second-order valence-corrected chi connectivity index (χ2v) is 3.70. The lowest BCUT2D eigenvalue weighted by molar-refractivity contribution is -0.119. The van der Waals surface area contributed by atoms with E-state index in [9.17, 15) is 9.18 Å². The molecule has 42 valence electrons. The molecule has 0 fully saturated rings. The summed E-state index contributed by atoms with van der Waals surface area (Å²) < 4.78 is 9.72. The number of halogens is 3. The molecule has 0 aromatic carbocycles. The van der Waals surface area contributed by atoms with Gasteiger partial charge >= 0.3 is 0 Å². The Morgan fingerprint density at radius 2 is 2.14 bits per heavy atom. The number of Topliss-reactive ketones (excluding diaryl/α,β-unsaturated/α-hetero) is 1. The SMILES string of the molecule is CC(=O)C(F)(Cl)I. The Bertz CT molecular complexity index is 87.4. The highest BCUT2D eigenvalue weighted by atomic mass is 127. The minimum absolute atomic E-state index is 0.672. The molecular formula is C3H3ClFIO. The monoisotopic (exact) mass is 236 g/mol. The van der Waals surface area contributed by atoms with Crippen molar-refractivity contribution in [1.29, 1.82) is 0 Å². The molecule has 7 heavy (non-hydrogen) atoms. The maximum atomic E-state index is 11.9. The van der Waals surface area contributed by atoms with Crippen LogP contribution < -0.4 is 0 Å². The normalized spacial score (nSPS) is 18.3. The maximum absolute atomic E-state index is 11.9. The molecular weight excluding hydrogens is 233 g/mol. The Hall–Kier alpha value is 0.620. The third-order valence-electron chi connectivity index (χ3n) is 0.399. The van der Waals surface area contributed by atoms with Crippen molar-refractivity contribution in [3.05, 3.63) is 0 Å². The summed E-state index contributed by atoms with van der Waals surface area (Å²) in [6.45, 7) is 1.10. The van der Waals surface area contributed by atoms with Gasteiger partial charge in [0.25, 0.3) is 3.13 Å². The molecule has 1 nitrogen and oxygen atoms in total. The molecule has 0 aliphatic rings.